The molecule has 24 nitrogen and oxygen atoms in total. The predicted octanol–water partition coefficient (Wildman–Crippen LogP) is 12.4. The van der Waals surface area contributed by atoms with Gasteiger partial charge in [-0.25, -0.2) is 37.8 Å². The van der Waals surface area contributed by atoms with Gasteiger partial charge in [0, 0.05) is 96.6 Å². The number of rotatable bonds is 20. The number of carboxylic acids is 2. The lowest BCUT2D eigenvalue weighted by Crippen LogP contribution is -2.43. The molecule has 0 unspecified atom stereocenters. The first-order valence-corrected chi connectivity index (χ1v) is 36.5. The van der Waals surface area contributed by atoms with E-state index in [1.165, 1.54) is 47.0 Å². The Balaban J connectivity index is 0.000000147. The number of benzene rings is 4. The summed E-state index contributed by atoms with van der Waals surface area (Å²) in [7, 11) is 0.120. The number of imidazole rings is 3. The van der Waals surface area contributed by atoms with Gasteiger partial charge < -0.3 is 19.3 Å². The molecule has 0 saturated carbocycles. The van der Waals surface area contributed by atoms with E-state index in [0.29, 0.717) is 65.0 Å². The quantitative estimate of drug-likeness (QED) is 0.0639. The second kappa shape index (κ2) is 29.5. The molecule has 10 heterocycles. The van der Waals surface area contributed by atoms with Gasteiger partial charge in [0.25, 0.3) is 0 Å². The summed E-state index contributed by atoms with van der Waals surface area (Å²) in [6, 6.07) is 38.3. The van der Waals surface area contributed by atoms with Crippen molar-refractivity contribution in [2.24, 2.45) is 14.1 Å². The third-order valence-electron chi connectivity index (χ3n) is 19.0. The summed E-state index contributed by atoms with van der Waals surface area (Å²) < 4.78 is 45.6. The normalized spacial score (nSPS) is 12.8. The maximum Gasteiger partial charge on any atom is 0.331 e. The number of pyridine rings is 4. The van der Waals surface area contributed by atoms with E-state index in [0.717, 1.165) is 76.7 Å². The molecule has 14 aromatic rings. The fourth-order valence-corrected chi connectivity index (χ4v) is 15.8. The summed E-state index contributed by atoms with van der Waals surface area (Å²) in [4.78, 5) is 95.7. The van der Waals surface area contributed by atoms with Crippen molar-refractivity contribution in [1.82, 2.24) is 65.6 Å². The van der Waals surface area contributed by atoms with E-state index in [2.05, 4.69) is 102 Å². The number of aromatic nitrogens is 13. The molecule has 4 aromatic carbocycles. The highest BCUT2D eigenvalue weighted by Gasteiger charge is 2.34. The van der Waals surface area contributed by atoms with Gasteiger partial charge in [-0.1, -0.05) is 80.1 Å². The zero-order chi connectivity index (χ0) is 74.2. The number of hydrogen-bond acceptors (Lipinski definition) is 14. The minimum absolute atomic E-state index is 0.147. The Morgan fingerprint density at radius 1 is 0.558 bits per heavy atom. The van der Waals surface area contributed by atoms with Gasteiger partial charge in [0.15, 0.2) is 16.9 Å². The van der Waals surface area contributed by atoms with Crippen molar-refractivity contribution < 1.29 is 33.0 Å². The lowest BCUT2D eigenvalue weighted by molar-refractivity contribution is -0.138. The molecule has 0 spiro atoms. The highest BCUT2D eigenvalue weighted by atomic mass is 32.2. The fourth-order valence-electron chi connectivity index (χ4n) is 14.1. The van der Waals surface area contributed by atoms with Gasteiger partial charge in [-0.2, -0.15) is 4.37 Å². The summed E-state index contributed by atoms with van der Waals surface area (Å²) in [5.74, 6) is -2.62. The number of nitrogens with zero attached hydrogens (tertiary/aromatic N) is 13. The van der Waals surface area contributed by atoms with E-state index in [4.69, 9.17) is 0 Å². The molecular weight excluding hydrogens is 1360 g/mol. The number of carboxylic acid groups (broad SMARTS) is 2. The summed E-state index contributed by atoms with van der Waals surface area (Å²) in [5.41, 5.74) is 14.3. The van der Waals surface area contributed by atoms with E-state index in [1.807, 2.05) is 107 Å². The number of aryl methyl sites for hydroxylation is 7. The minimum atomic E-state index is -3.86. The van der Waals surface area contributed by atoms with Crippen molar-refractivity contribution >= 4 is 105 Å². The van der Waals surface area contributed by atoms with Crippen LogP contribution < -0.4 is 21.8 Å². The number of fused-ring (bicyclic) bond motifs is 6. The molecule has 0 fully saturated rings. The van der Waals surface area contributed by atoms with Crippen molar-refractivity contribution in [3.8, 4) is 0 Å². The number of hydrogen-bond donors (Lipinski definition) is 3. The molecule has 0 aliphatic carbocycles. The van der Waals surface area contributed by atoms with Crippen molar-refractivity contribution in [2.75, 3.05) is 0 Å². The van der Waals surface area contributed by atoms with Crippen LogP contribution in [0.3, 0.4) is 0 Å². The lowest BCUT2D eigenvalue weighted by Gasteiger charge is -2.21. The third-order valence-corrected chi connectivity index (χ3v) is 22.0. The number of carbonyl (C=O) groups is 3. The van der Waals surface area contributed by atoms with Crippen LogP contribution in [0.4, 0.5) is 0 Å². The van der Waals surface area contributed by atoms with Crippen molar-refractivity contribution in [3.63, 3.8) is 0 Å². The zero-order valence-corrected chi connectivity index (χ0v) is 61.4. The third kappa shape index (κ3) is 14.3. The molecule has 1 amide bonds. The van der Waals surface area contributed by atoms with E-state index in [-0.39, 0.29) is 42.9 Å². The molecule has 10 aromatic heterocycles. The predicted molar refractivity (Wildman–Crippen MR) is 405 cm³/mol. The number of carbonyl (C=O) groups excluding carboxylic acids is 1. The van der Waals surface area contributed by atoms with Gasteiger partial charge in [0.1, 0.15) is 0 Å². The standard InChI is InChI=1S/C27H35N5O4S.C26H25N5O3.C25H22N4O3S/c1-7-10-20(15-23(33)29-37(35,36)27(3,4)5)32-25-22(13-9-14-28-25)31(26(32)34)17-19-16-30(6)21-12-8-11-18(2)24(19)21;1-16-6-4-8-20-24(16)19(14-29(20)3)15-30-21-10-9-17(2)28-25(21)31(26(30)34)22(12-23(32)33)18-7-5-11-27-13-18;1-15-11-16(2)23-18(27-33-21(23)12-15)14-28-19-9-6-10-26-24(19)29(25(28)32)20(13-22(30)31)17-7-4-3-5-8-17/h8-9,11-14,16,20H,7,10,15,17H2,1-6H3,(H,29,33);4-11,13-14,22H,12,15H2,1-3H3,(H,32,33);3-12,20H,13-14H2,1-2H3,(H,30,31)/t20-;22-;20-/m011/s1. The molecule has 14 rings (SSSR count). The van der Waals surface area contributed by atoms with Crippen LogP contribution in [0.15, 0.2) is 179 Å². The van der Waals surface area contributed by atoms with Crippen LogP contribution in [-0.4, -0.2) is 102 Å². The van der Waals surface area contributed by atoms with Crippen LogP contribution >= 0.6 is 11.5 Å². The molecule has 3 atom stereocenters. The first-order chi connectivity index (χ1) is 49.6. The average Bonchev–Trinajstić information content (AvgIpc) is 1.61. The summed E-state index contributed by atoms with van der Waals surface area (Å²) >= 11 is 1.43. The van der Waals surface area contributed by atoms with Crippen LogP contribution in [0.5, 0.6) is 0 Å². The molecule has 0 bridgehead atoms. The molecule has 0 saturated heterocycles. The molecule has 0 aliphatic heterocycles. The SMILES string of the molecule is CCC[C@@H](CC(=O)NS(=O)(=O)C(C)(C)C)n1c(=O)n(Cc2cn(C)c3cccc(C)c23)c2cccnc21.Cc1cc(C)c2c(Cn3c(=O)n([C@H](CC(=O)O)c4ccccc4)c4ncccc43)nsc2c1.Cc1ccc2c(n1)n([C@H](CC(=O)O)c1cccnc1)c(=O)n2Cc1cn(C)c2cccc(C)c12. The van der Waals surface area contributed by atoms with Crippen LogP contribution in [0, 0.1) is 34.6 Å². The van der Waals surface area contributed by atoms with Crippen LogP contribution in [0.2, 0.25) is 0 Å². The lowest BCUT2D eigenvalue weighted by atomic mass is 10.0. The van der Waals surface area contributed by atoms with Gasteiger partial charge in [-0.3, -0.25) is 51.5 Å². The molecule has 104 heavy (non-hydrogen) atoms. The molecule has 0 radical (unpaired) electrons. The maximum atomic E-state index is 13.9. The number of aliphatic carboxylic acids is 2. The van der Waals surface area contributed by atoms with E-state index >= 15 is 0 Å². The second-order valence-electron chi connectivity index (χ2n) is 27.5. The summed E-state index contributed by atoms with van der Waals surface area (Å²) in [6.07, 6.45) is 11.2. The van der Waals surface area contributed by atoms with Gasteiger partial charge in [0.05, 0.1) is 76.3 Å². The highest BCUT2D eigenvalue weighted by molar-refractivity contribution is 7.91. The molecule has 536 valence electrons. The number of nitrogens with one attached hydrogen (secondary N) is 1. The smallest absolute Gasteiger partial charge is 0.331 e. The first-order valence-electron chi connectivity index (χ1n) is 34.2. The van der Waals surface area contributed by atoms with E-state index in [1.54, 1.807) is 67.3 Å². The van der Waals surface area contributed by atoms with Crippen molar-refractivity contribution in [1.29, 1.82) is 0 Å². The van der Waals surface area contributed by atoms with Gasteiger partial charge in [0.2, 0.25) is 15.9 Å². The number of amides is 1. The molecular formula is C78H82N14O10S2. The average molecular weight is 1440 g/mol. The summed E-state index contributed by atoms with van der Waals surface area (Å²) in [5, 5.41) is 22.5. The van der Waals surface area contributed by atoms with Crippen molar-refractivity contribution in [3.05, 3.63) is 252 Å². The van der Waals surface area contributed by atoms with Crippen LogP contribution in [0.25, 0.3) is 65.4 Å². The monoisotopic (exact) mass is 1440 g/mol. The Labute approximate surface area is 603 Å². The molecule has 26 heteroatoms. The number of sulfonamides is 1. The van der Waals surface area contributed by atoms with Crippen LogP contribution in [-0.2, 0) is 58.1 Å². The molecule has 3 N–H and O–H groups in total. The summed E-state index contributed by atoms with van der Waals surface area (Å²) in [6.45, 7) is 17.6. The van der Waals surface area contributed by atoms with E-state index < -0.39 is 50.7 Å². The largest absolute Gasteiger partial charge is 0.481 e. The maximum absolute atomic E-state index is 13.9. The second-order valence-corrected chi connectivity index (χ2v) is 30.7. The molecule has 0 aliphatic rings. The topological polar surface area (TPSA) is 293 Å². The van der Waals surface area contributed by atoms with E-state index in [9.17, 15) is 47.4 Å². The highest BCUT2D eigenvalue weighted by Crippen LogP contribution is 2.34. The Morgan fingerprint density at radius 3 is 1.62 bits per heavy atom. The Morgan fingerprint density at radius 2 is 1.07 bits per heavy atom. The van der Waals surface area contributed by atoms with Gasteiger partial charge in [-0.15, -0.1) is 0 Å². The van der Waals surface area contributed by atoms with Crippen molar-refractivity contribution in [2.45, 2.75) is 137 Å². The fraction of sp³-hybridized carbons (Fsp3) is 0.295. The Kier molecular flexibility index (Phi) is 20.6. The van der Waals surface area contributed by atoms with Crippen LogP contribution in [0.1, 0.15) is 134 Å². The minimum Gasteiger partial charge on any atom is -0.481 e. The zero-order valence-electron chi connectivity index (χ0n) is 59.8. The first kappa shape index (κ1) is 72.4. The van der Waals surface area contributed by atoms with Gasteiger partial charge >= 0.3 is 29.0 Å². The Hall–Kier alpha value is -11.4. The Bertz CT molecular complexity index is 5930. The van der Waals surface area contributed by atoms with Gasteiger partial charge in [-0.05, 0) is 179 Å².